The number of amides is 1. The zero-order valence-electron chi connectivity index (χ0n) is 14.6. The fourth-order valence-electron chi connectivity index (χ4n) is 2.82. The number of aromatic nitrogens is 2. The topological polar surface area (TPSA) is 79.4 Å². The van der Waals surface area contributed by atoms with Crippen LogP contribution >= 0.6 is 0 Å². The number of anilines is 3. The molecule has 1 aromatic heterocycles. The van der Waals surface area contributed by atoms with Crippen LogP contribution in [-0.4, -0.2) is 46.7 Å². The quantitative estimate of drug-likeness (QED) is 0.852. The van der Waals surface area contributed by atoms with E-state index in [2.05, 4.69) is 20.6 Å². The van der Waals surface area contributed by atoms with Crippen molar-refractivity contribution in [3.8, 4) is 0 Å². The molecular weight excluding hydrogens is 337 g/mol. The Morgan fingerprint density at radius 1 is 1.23 bits per heavy atom. The van der Waals surface area contributed by atoms with Gasteiger partial charge in [-0.25, -0.2) is 19.2 Å². The highest BCUT2D eigenvalue weighted by Gasteiger charge is 2.23. The van der Waals surface area contributed by atoms with Crippen molar-refractivity contribution < 1.29 is 13.9 Å². The molecule has 0 bridgehead atoms. The number of carbonyl (C=O) groups excluding carboxylic acids is 1. The van der Waals surface area contributed by atoms with E-state index in [0.717, 1.165) is 18.5 Å². The molecule has 3 rings (SSSR count). The van der Waals surface area contributed by atoms with Gasteiger partial charge in [-0.15, -0.1) is 0 Å². The minimum absolute atomic E-state index is 0.231. The zero-order valence-corrected chi connectivity index (χ0v) is 14.6. The minimum atomic E-state index is -0.283. The van der Waals surface area contributed by atoms with Crippen LogP contribution in [0.15, 0.2) is 36.7 Å². The van der Waals surface area contributed by atoms with Gasteiger partial charge in [0.25, 0.3) is 0 Å². The van der Waals surface area contributed by atoms with Gasteiger partial charge in [-0.3, -0.25) is 0 Å². The van der Waals surface area contributed by atoms with Gasteiger partial charge in [-0.05, 0) is 44.0 Å². The van der Waals surface area contributed by atoms with Crippen molar-refractivity contribution in [2.75, 3.05) is 30.3 Å². The molecule has 1 aromatic carbocycles. The Kier molecular flexibility index (Phi) is 5.83. The number of nitrogens with one attached hydrogen (secondary N) is 2. The highest BCUT2D eigenvalue weighted by molar-refractivity contribution is 5.67. The SMILES string of the molecule is CCOC(=O)N1CCC(Nc2cc(Nc3ccc(F)cc3)ncn2)CC1. The molecule has 7 nitrogen and oxygen atoms in total. The number of benzene rings is 1. The lowest BCUT2D eigenvalue weighted by atomic mass is 10.1. The highest BCUT2D eigenvalue weighted by atomic mass is 19.1. The average Bonchev–Trinajstić information content (AvgIpc) is 2.65. The summed E-state index contributed by atoms with van der Waals surface area (Å²) >= 11 is 0. The molecule has 2 aromatic rings. The first kappa shape index (κ1) is 17.9. The summed E-state index contributed by atoms with van der Waals surface area (Å²) in [7, 11) is 0. The van der Waals surface area contributed by atoms with Gasteiger partial charge in [-0.2, -0.15) is 0 Å². The van der Waals surface area contributed by atoms with Crippen LogP contribution in [0, 0.1) is 5.82 Å². The number of hydrogen-bond donors (Lipinski definition) is 2. The van der Waals surface area contributed by atoms with E-state index in [9.17, 15) is 9.18 Å². The molecule has 0 unspecified atom stereocenters. The largest absolute Gasteiger partial charge is 0.450 e. The third kappa shape index (κ3) is 4.81. The summed E-state index contributed by atoms with van der Waals surface area (Å²) in [6.45, 7) is 3.51. The fraction of sp³-hybridized carbons (Fsp3) is 0.389. The van der Waals surface area contributed by atoms with Crippen molar-refractivity contribution in [3.63, 3.8) is 0 Å². The Morgan fingerprint density at radius 2 is 1.92 bits per heavy atom. The summed E-state index contributed by atoms with van der Waals surface area (Å²) in [5, 5.41) is 6.50. The first-order valence-electron chi connectivity index (χ1n) is 8.67. The molecule has 2 N–H and O–H groups in total. The van der Waals surface area contributed by atoms with Crippen molar-refractivity contribution in [1.29, 1.82) is 0 Å². The van der Waals surface area contributed by atoms with E-state index in [-0.39, 0.29) is 18.0 Å². The van der Waals surface area contributed by atoms with Crippen LogP contribution in [0.5, 0.6) is 0 Å². The van der Waals surface area contributed by atoms with Crippen molar-refractivity contribution in [1.82, 2.24) is 14.9 Å². The molecule has 0 radical (unpaired) electrons. The number of rotatable bonds is 5. The molecule has 138 valence electrons. The van der Waals surface area contributed by atoms with Gasteiger partial charge >= 0.3 is 6.09 Å². The summed E-state index contributed by atoms with van der Waals surface area (Å²) in [4.78, 5) is 21.9. The van der Waals surface area contributed by atoms with E-state index < -0.39 is 0 Å². The zero-order chi connectivity index (χ0) is 18.4. The molecule has 0 aliphatic carbocycles. The van der Waals surface area contributed by atoms with E-state index in [1.807, 2.05) is 0 Å². The highest BCUT2D eigenvalue weighted by Crippen LogP contribution is 2.19. The van der Waals surface area contributed by atoms with Gasteiger partial charge < -0.3 is 20.3 Å². The molecule has 26 heavy (non-hydrogen) atoms. The number of ether oxygens (including phenoxy) is 1. The van der Waals surface area contributed by atoms with Gasteiger partial charge in [0.2, 0.25) is 0 Å². The van der Waals surface area contributed by atoms with E-state index >= 15 is 0 Å². The van der Waals surface area contributed by atoms with E-state index in [0.29, 0.717) is 31.3 Å². The van der Waals surface area contributed by atoms with Crippen LogP contribution < -0.4 is 10.6 Å². The van der Waals surface area contributed by atoms with Crippen LogP contribution in [-0.2, 0) is 4.74 Å². The molecule has 2 heterocycles. The first-order valence-corrected chi connectivity index (χ1v) is 8.67. The van der Waals surface area contributed by atoms with Gasteiger partial charge in [0.05, 0.1) is 6.61 Å². The summed E-state index contributed by atoms with van der Waals surface area (Å²) < 4.78 is 18.0. The van der Waals surface area contributed by atoms with Gasteiger partial charge in [0.1, 0.15) is 23.8 Å². The average molecular weight is 359 g/mol. The maximum absolute atomic E-state index is 13.0. The predicted molar refractivity (Wildman–Crippen MR) is 97.0 cm³/mol. The standard InChI is InChI=1S/C18H22FN5O2/c1-2-26-18(25)24-9-7-15(8-10-24)23-17-11-16(20-12-21-17)22-14-5-3-13(19)4-6-14/h3-6,11-12,15H,2,7-10H2,1H3,(H2,20,21,22,23). The van der Waals surface area contributed by atoms with E-state index in [4.69, 9.17) is 4.74 Å². The summed E-state index contributed by atoms with van der Waals surface area (Å²) in [6, 6.07) is 8.11. The number of nitrogens with zero attached hydrogens (tertiary/aromatic N) is 3. The minimum Gasteiger partial charge on any atom is -0.450 e. The second-order valence-corrected chi connectivity index (χ2v) is 6.02. The maximum Gasteiger partial charge on any atom is 0.409 e. The van der Waals surface area contributed by atoms with Crippen molar-refractivity contribution in [2.24, 2.45) is 0 Å². The lowest BCUT2D eigenvalue weighted by molar-refractivity contribution is 0.0983. The van der Waals surface area contributed by atoms with Crippen LogP contribution in [0.3, 0.4) is 0 Å². The number of hydrogen-bond acceptors (Lipinski definition) is 6. The van der Waals surface area contributed by atoms with Gasteiger partial charge in [0, 0.05) is 30.9 Å². The smallest absolute Gasteiger partial charge is 0.409 e. The molecule has 1 saturated heterocycles. The molecule has 1 fully saturated rings. The second kappa shape index (κ2) is 8.46. The third-order valence-electron chi connectivity index (χ3n) is 4.16. The predicted octanol–water partition coefficient (Wildman–Crippen LogP) is 3.39. The normalized spacial score (nSPS) is 14.8. The molecule has 1 aliphatic heterocycles. The van der Waals surface area contributed by atoms with Crippen LogP contribution in [0.2, 0.25) is 0 Å². The first-order chi connectivity index (χ1) is 12.6. The Labute approximate surface area is 151 Å². The Hall–Kier alpha value is -2.90. The molecule has 0 saturated carbocycles. The van der Waals surface area contributed by atoms with Crippen LogP contribution in [0.4, 0.5) is 26.5 Å². The monoisotopic (exact) mass is 359 g/mol. The lowest BCUT2D eigenvalue weighted by Crippen LogP contribution is -2.42. The van der Waals surface area contributed by atoms with Crippen LogP contribution in [0.1, 0.15) is 19.8 Å². The van der Waals surface area contributed by atoms with E-state index in [1.165, 1.54) is 18.5 Å². The van der Waals surface area contributed by atoms with Gasteiger partial charge in [-0.1, -0.05) is 0 Å². The molecule has 0 spiro atoms. The molecule has 8 heteroatoms. The Morgan fingerprint density at radius 3 is 2.62 bits per heavy atom. The van der Waals surface area contributed by atoms with Crippen molar-refractivity contribution in [2.45, 2.75) is 25.8 Å². The molecule has 1 amide bonds. The Balaban J connectivity index is 1.54. The third-order valence-corrected chi connectivity index (χ3v) is 4.16. The second-order valence-electron chi connectivity index (χ2n) is 6.02. The maximum atomic E-state index is 13.0. The number of carbonyl (C=O) groups is 1. The molecule has 0 atom stereocenters. The number of halogens is 1. The number of piperidine rings is 1. The Bertz CT molecular complexity index is 733. The lowest BCUT2D eigenvalue weighted by Gasteiger charge is -2.31. The van der Waals surface area contributed by atoms with Crippen LogP contribution in [0.25, 0.3) is 0 Å². The van der Waals surface area contributed by atoms with E-state index in [1.54, 1.807) is 30.0 Å². The van der Waals surface area contributed by atoms with Gasteiger partial charge in [0.15, 0.2) is 0 Å². The summed E-state index contributed by atoms with van der Waals surface area (Å²) in [5.41, 5.74) is 0.749. The number of likely N-dealkylation sites (tertiary alicyclic amines) is 1. The van der Waals surface area contributed by atoms with Crippen molar-refractivity contribution in [3.05, 3.63) is 42.5 Å². The fourth-order valence-corrected chi connectivity index (χ4v) is 2.82. The molecule has 1 aliphatic rings. The summed E-state index contributed by atoms with van der Waals surface area (Å²) in [5.74, 6) is 1.05. The van der Waals surface area contributed by atoms with Crippen molar-refractivity contribution >= 4 is 23.4 Å². The molecular formula is C18H22FN5O2. The summed E-state index contributed by atoms with van der Waals surface area (Å²) in [6.07, 6.45) is 2.87.